The highest BCUT2D eigenvalue weighted by atomic mass is 35.5. The molecule has 0 spiro atoms. The third-order valence-corrected chi connectivity index (χ3v) is 4.80. The number of benzene rings is 1. The van der Waals surface area contributed by atoms with E-state index in [4.69, 9.17) is 0 Å². The van der Waals surface area contributed by atoms with Crippen molar-refractivity contribution in [1.29, 1.82) is 0 Å². The van der Waals surface area contributed by atoms with E-state index >= 15 is 0 Å². The summed E-state index contributed by atoms with van der Waals surface area (Å²) < 4.78 is 2.59. The molecule has 19 heavy (non-hydrogen) atoms. The summed E-state index contributed by atoms with van der Waals surface area (Å²) in [6.45, 7) is 4.55. The maximum atomic E-state index is 2.59. The van der Waals surface area contributed by atoms with Gasteiger partial charge in [-0.2, -0.15) is 0 Å². The van der Waals surface area contributed by atoms with Crippen molar-refractivity contribution < 1.29 is 0 Å². The van der Waals surface area contributed by atoms with Crippen molar-refractivity contribution in [2.24, 2.45) is 0 Å². The fraction of sp³-hybridized carbons (Fsp3) is 0.500. The van der Waals surface area contributed by atoms with Gasteiger partial charge in [-0.25, -0.2) is 0 Å². The molecule has 2 aromatic rings. The highest BCUT2D eigenvalue weighted by Crippen LogP contribution is 2.41. The van der Waals surface area contributed by atoms with Crippen molar-refractivity contribution in [2.75, 3.05) is 13.6 Å². The molecule has 0 fully saturated rings. The number of halogens is 1. The predicted octanol–water partition coefficient (Wildman–Crippen LogP) is 3.69. The number of aromatic nitrogens is 1. The lowest BCUT2D eigenvalue weighted by Crippen LogP contribution is -2.36. The minimum Gasteiger partial charge on any atom is -0.342 e. The molecular weight excluding hydrogens is 256 g/mol. The third kappa shape index (κ3) is 1.73. The first kappa shape index (κ1) is 13.0. The zero-order valence-corrected chi connectivity index (χ0v) is 12.5. The Bertz CT molecular complexity index is 629. The fourth-order valence-electron chi connectivity index (χ4n) is 3.89. The summed E-state index contributed by atoms with van der Waals surface area (Å²) >= 11 is 0. The third-order valence-electron chi connectivity index (χ3n) is 4.80. The largest absolute Gasteiger partial charge is 0.342 e. The van der Waals surface area contributed by atoms with E-state index in [0.717, 1.165) is 6.54 Å². The summed E-state index contributed by atoms with van der Waals surface area (Å²) in [7, 11) is 2.28. The van der Waals surface area contributed by atoms with Gasteiger partial charge in [-0.15, -0.1) is 12.4 Å². The van der Waals surface area contributed by atoms with E-state index in [2.05, 4.69) is 41.6 Å². The second-order valence-electron chi connectivity index (χ2n) is 5.92. The van der Waals surface area contributed by atoms with Crippen molar-refractivity contribution in [3.8, 4) is 0 Å². The van der Waals surface area contributed by atoms with Crippen LogP contribution in [0.15, 0.2) is 18.2 Å². The first-order valence-corrected chi connectivity index (χ1v) is 7.07. The van der Waals surface area contributed by atoms with Gasteiger partial charge >= 0.3 is 0 Å². The monoisotopic (exact) mass is 276 g/mol. The minimum absolute atomic E-state index is 0. The zero-order chi connectivity index (χ0) is 12.3. The lowest BCUT2D eigenvalue weighted by atomic mass is 9.90. The molecule has 0 amide bonds. The van der Waals surface area contributed by atoms with Crippen LogP contribution in [-0.4, -0.2) is 23.1 Å². The molecule has 0 bridgehead atoms. The molecule has 1 aromatic heterocycles. The molecule has 1 unspecified atom stereocenters. The normalized spacial score (nSPS) is 22.1. The van der Waals surface area contributed by atoms with Gasteiger partial charge in [-0.05, 0) is 50.9 Å². The Labute approximate surface area is 120 Å². The van der Waals surface area contributed by atoms with Gasteiger partial charge < -0.3 is 4.57 Å². The average molecular weight is 277 g/mol. The van der Waals surface area contributed by atoms with Gasteiger partial charge in [0.05, 0.1) is 6.04 Å². The Balaban J connectivity index is 0.00000110. The first-order chi connectivity index (χ1) is 8.75. The van der Waals surface area contributed by atoms with E-state index in [0.29, 0.717) is 6.04 Å². The minimum atomic E-state index is 0. The summed E-state index contributed by atoms with van der Waals surface area (Å²) in [5.41, 5.74) is 6.11. The number of rotatable bonds is 0. The van der Waals surface area contributed by atoms with Gasteiger partial charge in [0.15, 0.2) is 0 Å². The maximum Gasteiger partial charge on any atom is 0.0501 e. The average Bonchev–Trinajstić information content (AvgIpc) is 2.69. The molecule has 2 aliphatic rings. The van der Waals surface area contributed by atoms with Crippen LogP contribution in [0.25, 0.3) is 10.9 Å². The lowest BCUT2D eigenvalue weighted by molar-refractivity contribution is 0.178. The maximum absolute atomic E-state index is 2.59. The molecule has 2 nitrogen and oxygen atoms in total. The van der Waals surface area contributed by atoms with E-state index < -0.39 is 0 Å². The molecule has 1 aromatic carbocycles. The lowest BCUT2D eigenvalue weighted by Gasteiger charge is -2.37. The fourth-order valence-corrected chi connectivity index (χ4v) is 3.89. The van der Waals surface area contributed by atoms with E-state index in [1.165, 1.54) is 42.3 Å². The van der Waals surface area contributed by atoms with Crippen molar-refractivity contribution in [3.05, 3.63) is 35.0 Å². The SMILES string of the molecule is Cc1ccc2c(c1)c1c3n2CCN(C)C3CCC1.Cl. The van der Waals surface area contributed by atoms with E-state index in [1.54, 1.807) is 11.3 Å². The molecule has 4 rings (SSSR count). The molecule has 0 saturated carbocycles. The number of nitrogens with zero attached hydrogens (tertiary/aromatic N) is 2. The molecule has 3 heteroatoms. The second kappa shape index (κ2) is 4.53. The molecule has 1 aliphatic heterocycles. The van der Waals surface area contributed by atoms with Crippen LogP contribution in [0.4, 0.5) is 0 Å². The van der Waals surface area contributed by atoms with Crippen molar-refractivity contribution in [3.63, 3.8) is 0 Å². The molecule has 0 N–H and O–H groups in total. The van der Waals surface area contributed by atoms with Gasteiger partial charge in [-0.3, -0.25) is 4.90 Å². The number of fused-ring (bicyclic) bond motifs is 3. The summed E-state index contributed by atoms with van der Waals surface area (Å²) in [4.78, 5) is 2.55. The molecular formula is C16H21ClN2. The van der Waals surface area contributed by atoms with Crippen LogP contribution in [0.2, 0.25) is 0 Å². The second-order valence-corrected chi connectivity index (χ2v) is 5.92. The Kier molecular flexibility index (Phi) is 3.11. The summed E-state index contributed by atoms with van der Waals surface area (Å²) in [6.07, 6.45) is 3.94. The Hall–Kier alpha value is -0.990. The predicted molar refractivity (Wildman–Crippen MR) is 82.2 cm³/mol. The van der Waals surface area contributed by atoms with Crippen LogP contribution >= 0.6 is 12.4 Å². The van der Waals surface area contributed by atoms with Crippen LogP contribution < -0.4 is 0 Å². The van der Waals surface area contributed by atoms with E-state index in [9.17, 15) is 0 Å². The van der Waals surface area contributed by atoms with Crippen LogP contribution in [0, 0.1) is 6.92 Å². The Morgan fingerprint density at radius 2 is 2.05 bits per heavy atom. The van der Waals surface area contributed by atoms with Crippen molar-refractivity contribution in [1.82, 2.24) is 9.47 Å². The molecule has 1 aliphatic carbocycles. The highest BCUT2D eigenvalue weighted by Gasteiger charge is 2.32. The molecule has 0 radical (unpaired) electrons. The van der Waals surface area contributed by atoms with Crippen LogP contribution in [-0.2, 0) is 13.0 Å². The standard InChI is InChI=1S/C16H20N2.ClH/c1-11-6-7-14-13(10-11)12-4-3-5-15-16(12)18(14)9-8-17(15)2;/h6-7,10,15H,3-5,8-9H2,1-2H3;1H. The molecule has 102 valence electrons. The van der Waals surface area contributed by atoms with Gasteiger partial charge in [0, 0.05) is 29.7 Å². The summed E-state index contributed by atoms with van der Waals surface area (Å²) in [6, 6.07) is 7.63. The topological polar surface area (TPSA) is 8.17 Å². The number of likely N-dealkylation sites (N-methyl/N-ethyl adjacent to an activating group) is 1. The van der Waals surface area contributed by atoms with E-state index in [-0.39, 0.29) is 12.4 Å². The van der Waals surface area contributed by atoms with Gasteiger partial charge in [0.1, 0.15) is 0 Å². The van der Waals surface area contributed by atoms with Crippen LogP contribution in [0.3, 0.4) is 0 Å². The van der Waals surface area contributed by atoms with Gasteiger partial charge in [0.2, 0.25) is 0 Å². The van der Waals surface area contributed by atoms with Crippen molar-refractivity contribution >= 4 is 23.3 Å². The number of hydrogen-bond donors (Lipinski definition) is 0. The number of hydrogen-bond acceptors (Lipinski definition) is 1. The quantitative estimate of drug-likeness (QED) is 0.712. The highest BCUT2D eigenvalue weighted by molar-refractivity contribution is 5.87. The number of aryl methyl sites for hydroxylation is 2. The van der Waals surface area contributed by atoms with Gasteiger partial charge in [0.25, 0.3) is 0 Å². The zero-order valence-electron chi connectivity index (χ0n) is 11.6. The Morgan fingerprint density at radius 1 is 1.21 bits per heavy atom. The molecule has 0 saturated heterocycles. The first-order valence-electron chi connectivity index (χ1n) is 7.07. The Morgan fingerprint density at radius 3 is 2.89 bits per heavy atom. The van der Waals surface area contributed by atoms with E-state index in [1.807, 2.05) is 0 Å². The molecule has 2 heterocycles. The summed E-state index contributed by atoms with van der Waals surface area (Å²) in [5.74, 6) is 0. The summed E-state index contributed by atoms with van der Waals surface area (Å²) in [5, 5.41) is 1.52. The van der Waals surface area contributed by atoms with Crippen LogP contribution in [0.5, 0.6) is 0 Å². The van der Waals surface area contributed by atoms with Crippen molar-refractivity contribution in [2.45, 2.75) is 38.8 Å². The van der Waals surface area contributed by atoms with Crippen LogP contribution in [0.1, 0.15) is 35.7 Å². The molecule has 1 atom stereocenters. The smallest absolute Gasteiger partial charge is 0.0501 e. The van der Waals surface area contributed by atoms with Gasteiger partial charge in [-0.1, -0.05) is 11.6 Å².